The molecule has 6 heteroatoms. The second kappa shape index (κ2) is 7.11. The zero-order chi connectivity index (χ0) is 16.1. The first kappa shape index (κ1) is 15.3. The Balaban J connectivity index is 1.65. The Labute approximate surface area is 138 Å². The van der Waals surface area contributed by atoms with Crippen LogP contribution in [0.25, 0.3) is 11.4 Å². The lowest BCUT2D eigenvalue weighted by Crippen LogP contribution is -2.32. The average molecular weight is 327 g/mol. The maximum Gasteiger partial charge on any atom is 0.267 e. The van der Waals surface area contributed by atoms with Crippen LogP contribution in [0.1, 0.15) is 13.3 Å². The number of rotatable bonds is 6. The number of amides is 1. The smallest absolute Gasteiger partial charge is 0.267 e. The minimum atomic E-state index is -0.546. The molecule has 0 saturated carbocycles. The van der Waals surface area contributed by atoms with Gasteiger partial charge in [-0.1, -0.05) is 25.1 Å². The van der Waals surface area contributed by atoms with Crippen LogP contribution < -0.4 is 10.1 Å². The van der Waals surface area contributed by atoms with Gasteiger partial charge in [0.2, 0.25) is 0 Å². The number of nitrogens with zero attached hydrogens (tertiary/aromatic N) is 1. The third kappa shape index (κ3) is 3.78. The minimum Gasteiger partial charge on any atom is -0.481 e. The van der Waals surface area contributed by atoms with Gasteiger partial charge in [0.1, 0.15) is 5.75 Å². The van der Waals surface area contributed by atoms with Crippen molar-refractivity contribution in [2.75, 3.05) is 5.32 Å². The minimum absolute atomic E-state index is 0.191. The Hall–Kier alpha value is -2.60. The van der Waals surface area contributed by atoms with E-state index in [1.54, 1.807) is 0 Å². The second-order valence-corrected chi connectivity index (χ2v) is 5.80. The fraction of sp³-hybridized carbons (Fsp3) is 0.176. The molecule has 2 aromatic heterocycles. The van der Waals surface area contributed by atoms with E-state index in [9.17, 15) is 4.79 Å². The van der Waals surface area contributed by atoms with E-state index >= 15 is 0 Å². The van der Waals surface area contributed by atoms with Crippen LogP contribution in [0, 0.1) is 0 Å². The van der Waals surface area contributed by atoms with Gasteiger partial charge in [0.15, 0.2) is 11.2 Å². The molecule has 3 rings (SSSR count). The van der Waals surface area contributed by atoms with Crippen LogP contribution in [-0.2, 0) is 4.79 Å². The average Bonchev–Trinajstić information content (AvgIpc) is 3.24. The fourth-order valence-corrected chi connectivity index (χ4v) is 2.83. The van der Waals surface area contributed by atoms with Crippen LogP contribution in [0.4, 0.5) is 5.13 Å². The van der Waals surface area contributed by atoms with Crippen molar-refractivity contribution >= 4 is 22.4 Å². The highest BCUT2D eigenvalue weighted by molar-refractivity contribution is 7.14. The van der Waals surface area contributed by atoms with E-state index in [2.05, 4.69) is 15.3 Å². The monoisotopic (exact) mass is 327 g/mol. The molecule has 5 nitrogen and oxygen atoms in total. The first-order chi connectivity index (χ1) is 11.3. The Morgan fingerprint density at radius 2 is 2.13 bits per heavy atom. The van der Waals surface area contributed by atoms with E-state index < -0.39 is 6.10 Å². The summed E-state index contributed by atoms with van der Waals surface area (Å²) in [5, 5.41) is 5.29. The summed E-state index contributed by atoms with van der Waals surface area (Å²) >= 11 is 1.39. The molecule has 0 spiro atoms. The predicted octanol–water partition coefficient (Wildman–Crippen LogP) is 3.93. The van der Waals surface area contributed by atoms with Crippen molar-refractivity contribution in [2.45, 2.75) is 19.4 Å². The van der Waals surface area contributed by atoms with Crippen LogP contribution in [0.2, 0.25) is 0 Å². The van der Waals surface area contributed by atoms with Crippen molar-refractivity contribution in [3.63, 3.8) is 0 Å². The van der Waals surface area contributed by atoms with Crippen molar-refractivity contribution in [1.29, 1.82) is 0 Å². The number of carbonyl (C=O) groups is 1. The van der Waals surface area contributed by atoms with Crippen molar-refractivity contribution in [1.82, 2.24) is 9.97 Å². The molecular weight excluding hydrogens is 310 g/mol. The number of hydrogen-bond acceptors (Lipinski definition) is 4. The number of anilines is 1. The summed E-state index contributed by atoms with van der Waals surface area (Å²) in [4.78, 5) is 19.9. The zero-order valence-electron chi connectivity index (χ0n) is 12.7. The largest absolute Gasteiger partial charge is 0.481 e. The number of carbonyl (C=O) groups excluding carboxylic acids is 1. The van der Waals surface area contributed by atoms with E-state index in [1.807, 2.05) is 61.0 Å². The van der Waals surface area contributed by atoms with Crippen molar-refractivity contribution in [2.24, 2.45) is 0 Å². The number of hydrogen-bond donors (Lipinski definition) is 2. The number of benzene rings is 1. The number of ether oxygens (including phenoxy) is 1. The number of aromatic nitrogens is 2. The predicted molar refractivity (Wildman–Crippen MR) is 91.7 cm³/mol. The van der Waals surface area contributed by atoms with E-state index in [0.717, 1.165) is 11.4 Å². The summed E-state index contributed by atoms with van der Waals surface area (Å²) in [6.45, 7) is 1.92. The van der Waals surface area contributed by atoms with Gasteiger partial charge in [0.05, 0.1) is 11.4 Å². The summed E-state index contributed by atoms with van der Waals surface area (Å²) in [7, 11) is 0. The Bertz CT molecular complexity index is 753. The quantitative estimate of drug-likeness (QED) is 0.721. The third-order valence-corrected chi connectivity index (χ3v) is 4.05. The topological polar surface area (TPSA) is 67.0 Å². The zero-order valence-corrected chi connectivity index (χ0v) is 13.5. The highest BCUT2D eigenvalue weighted by Gasteiger charge is 2.19. The molecule has 0 aliphatic rings. The van der Waals surface area contributed by atoms with Gasteiger partial charge in [0.25, 0.3) is 5.91 Å². The molecule has 0 bridgehead atoms. The Kier molecular flexibility index (Phi) is 4.73. The van der Waals surface area contributed by atoms with E-state index in [1.165, 1.54) is 11.3 Å². The lowest BCUT2D eigenvalue weighted by atomic mass is 10.2. The van der Waals surface area contributed by atoms with Gasteiger partial charge in [-0.2, -0.15) is 0 Å². The summed E-state index contributed by atoms with van der Waals surface area (Å²) < 4.78 is 5.74. The maximum absolute atomic E-state index is 12.4. The van der Waals surface area contributed by atoms with Crippen LogP contribution in [0.15, 0.2) is 54.0 Å². The van der Waals surface area contributed by atoms with Crippen molar-refractivity contribution < 1.29 is 9.53 Å². The number of thiazole rings is 1. The van der Waals surface area contributed by atoms with Gasteiger partial charge in [-0.25, -0.2) is 4.98 Å². The molecule has 1 amide bonds. The number of para-hydroxylation sites is 1. The lowest BCUT2D eigenvalue weighted by molar-refractivity contribution is -0.122. The first-order valence-electron chi connectivity index (χ1n) is 7.38. The summed E-state index contributed by atoms with van der Waals surface area (Å²) in [5.41, 5.74) is 1.74. The van der Waals surface area contributed by atoms with Gasteiger partial charge in [-0.05, 0) is 30.7 Å². The Morgan fingerprint density at radius 1 is 1.30 bits per heavy atom. The SMILES string of the molecule is CCC(Oc1ccccc1)C(=O)Nc1nc(-c2ccc[nH]2)cs1. The van der Waals surface area contributed by atoms with Crippen LogP contribution in [0.3, 0.4) is 0 Å². The van der Waals surface area contributed by atoms with Crippen molar-refractivity contribution in [3.05, 3.63) is 54.0 Å². The molecule has 0 aliphatic carbocycles. The van der Waals surface area contributed by atoms with Gasteiger partial charge in [0, 0.05) is 11.6 Å². The summed E-state index contributed by atoms with van der Waals surface area (Å²) in [6, 6.07) is 13.2. The molecule has 118 valence electrons. The maximum atomic E-state index is 12.4. The number of aromatic amines is 1. The van der Waals surface area contributed by atoms with Gasteiger partial charge in [-0.3, -0.25) is 10.1 Å². The second-order valence-electron chi connectivity index (χ2n) is 4.94. The van der Waals surface area contributed by atoms with Crippen LogP contribution >= 0.6 is 11.3 Å². The first-order valence-corrected chi connectivity index (χ1v) is 8.26. The molecule has 0 saturated heterocycles. The normalized spacial score (nSPS) is 11.9. The molecular formula is C17H17N3O2S. The molecule has 23 heavy (non-hydrogen) atoms. The molecule has 1 atom stereocenters. The van der Waals surface area contributed by atoms with Crippen LogP contribution in [-0.4, -0.2) is 22.0 Å². The Morgan fingerprint density at radius 3 is 2.83 bits per heavy atom. The standard InChI is InChI=1S/C17H17N3O2S/c1-2-15(22-12-7-4-3-5-8-12)16(21)20-17-19-14(11-23-17)13-9-6-10-18-13/h3-11,15,18H,2H2,1H3,(H,19,20,21). The third-order valence-electron chi connectivity index (χ3n) is 3.29. The van der Waals surface area contributed by atoms with Gasteiger partial charge < -0.3 is 9.72 Å². The highest BCUT2D eigenvalue weighted by atomic mass is 32.1. The number of nitrogens with one attached hydrogen (secondary N) is 2. The van der Waals surface area contributed by atoms with E-state index in [0.29, 0.717) is 17.3 Å². The summed E-state index contributed by atoms with van der Waals surface area (Å²) in [6.07, 6.45) is 1.87. The molecule has 0 fully saturated rings. The molecule has 0 aliphatic heterocycles. The highest BCUT2D eigenvalue weighted by Crippen LogP contribution is 2.24. The molecule has 0 radical (unpaired) electrons. The molecule has 2 heterocycles. The van der Waals surface area contributed by atoms with Crippen LogP contribution in [0.5, 0.6) is 5.75 Å². The molecule has 3 aromatic rings. The molecule has 1 unspecified atom stereocenters. The summed E-state index contributed by atoms with van der Waals surface area (Å²) in [5.74, 6) is 0.490. The molecule has 1 aromatic carbocycles. The van der Waals surface area contributed by atoms with E-state index in [-0.39, 0.29) is 5.91 Å². The van der Waals surface area contributed by atoms with Gasteiger partial charge >= 0.3 is 0 Å². The molecule has 2 N–H and O–H groups in total. The van der Waals surface area contributed by atoms with Gasteiger partial charge in [-0.15, -0.1) is 11.3 Å². The van der Waals surface area contributed by atoms with E-state index in [4.69, 9.17) is 4.74 Å². The van der Waals surface area contributed by atoms with Crippen molar-refractivity contribution in [3.8, 4) is 17.1 Å². The lowest BCUT2D eigenvalue weighted by Gasteiger charge is -2.16. The number of H-pyrrole nitrogens is 1. The fourth-order valence-electron chi connectivity index (χ4n) is 2.12.